The van der Waals surface area contributed by atoms with Crippen molar-refractivity contribution in [2.75, 3.05) is 6.54 Å². The van der Waals surface area contributed by atoms with E-state index in [1.54, 1.807) is 0 Å². The summed E-state index contributed by atoms with van der Waals surface area (Å²) in [4.78, 5) is 0. The van der Waals surface area contributed by atoms with Crippen LogP contribution in [-0.2, 0) is 17.9 Å². The van der Waals surface area contributed by atoms with E-state index in [1.165, 1.54) is 37.7 Å². The van der Waals surface area contributed by atoms with Crippen molar-refractivity contribution in [3.8, 4) is 0 Å². The van der Waals surface area contributed by atoms with Crippen LogP contribution in [0.2, 0.25) is 0 Å². The van der Waals surface area contributed by atoms with Gasteiger partial charge in [-0.05, 0) is 43.9 Å². The number of aryl methyl sites for hydroxylation is 1. The van der Waals surface area contributed by atoms with Crippen molar-refractivity contribution in [1.29, 1.82) is 0 Å². The first-order chi connectivity index (χ1) is 9.72. The zero-order valence-corrected chi connectivity index (χ0v) is 13.2. The Balaban J connectivity index is 1.81. The molecule has 2 rings (SSSR count). The van der Waals surface area contributed by atoms with Crippen LogP contribution >= 0.6 is 0 Å². The van der Waals surface area contributed by atoms with Gasteiger partial charge in [0.05, 0.1) is 12.6 Å². The maximum Gasteiger partial charge on any atom is 0.130 e. The van der Waals surface area contributed by atoms with Crippen LogP contribution in [0.15, 0.2) is 10.5 Å². The Morgan fingerprint density at radius 2 is 2.20 bits per heavy atom. The van der Waals surface area contributed by atoms with Crippen molar-refractivity contribution in [1.82, 2.24) is 5.32 Å². The van der Waals surface area contributed by atoms with Gasteiger partial charge in [0.15, 0.2) is 0 Å². The third-order valence-corrected chi connectivity index (χ3v) is 4.38. The van der Waals surface area contributed by atoms with Crippen LogP contribution in [0.5, 0.6) is 0 Å². The highest BCUT2D eigenvalue weighted by Crippen LogP contribution is 2.29. The minimum Gasteiger partial charge on any atom is -0.462 e. The lowest BCUT2D eigenvalue weighted by Crippen LogP contribution is -2.22. The number of rotatable bonds is 7. The van der Waals surface area contributed by atoms with Crippen LogP contribution in [0.4, 0.5) is 0 Å². The minimum atomic E-state index is 0.427. The molecule has 2 atom stereocenters. The molecular formula is C17H29NO2. The second-order valence-corrected chi connectivity index (χ2v) is 5.97. The molecular weight excluding hydrogens is 250 g/mol. The molecule has 1 aromatic rings. The maximum atomic E-state index is 6.06. The molecule has 0 saturated heterocycles. The van der Waals surface area contributed by atoms with Gasteiger partial charge < -0.3 is 14.5 Å². The summed E-state index contributed by atoms with van der Waals surface area (Å²) in [6.45, 7) is 8.89. The Kier molecular flexibility index (Phi) is 6.11. The molecule has 0 aromatic carbocycles. The summed E-state index contributed by atoms with van der Waals surface area (Å²) in [5.74, 6) is 2.87. The molecule has 1 aromatic heterocycles. The van der Waals surface area contributed by atoms with Crippen molar-refractivity contribution in [3.05, 3.63) is 23.2 Å². The van der Waals surface area contributed by atoms with Crippen molar-refractivity contribution < 1.29 is 9.15 Å². The molecule has 1 heterocycles. The highest BCUT2D eigenvalue weighted by atomic mass is 16.5. The average Bonchev–Trinajstić information content (AvgIpc) is 2.83. The van der Waals surface area contributed by atoms with Gasteiger partial charge in [0.1, 0.15) is 18.1 Å². The van der Waals surface area contributed by atoms with E-state index in [0.29, 0.717) is 12.7 Å². The molecule has 1 aliphatic rings. The van der Waals surface area contributed by atoms with Crippen LogP contribution in [-0.4, -0.2) is 12.6 Å². The fraction of sp³-hybridized carbons (Fsp3) is 0.765. The normalized spacial score (nSPS) is 23.1. The second-order valence-electron chi connectivity index (χ2n) is 5.97. The Bertz CT molecular complexity index is 400. The van der Waals surface area contributed by atoms with Crippen LogP contribution in [0.25, 0.3) is 0 Å². The van der Waals surface area contributed by atoms with Gasteiger partial charge in [-0.1, -0.05) is 33.1 Å². The summed E-state index contributed by atoms with van der Waals surface area (Å²) in [5.41, 5.74) is 1.22. The predicted octanol–water partition coefficient (Wildman–Crippen LogP) is 4.18. The molecule has 20 heavy (non-hydrogen) atoms. The average molecular weight is 279 g/mol. The Labute approximate surface area is 123 Å². The number of nitrogens with one attached hydrogen (secondary N) is 1. The van der Waals surface area contributed by atoms with Gasteiger partial charge >= 0.3 is 0 Å². The fourth-order valence-electron chi connectivity index (χ4n) is 3.04. The summed E-state index contributed by atoms with van der Waals surface area (Å²) in [5, 5.41) is 3.30. The largest absolute Gasteiger partial charge is 0.462 e. The number of furan rings is 1. The van der Waals surface area contributed by atoms with E-state index in [9.17, 15) is 0 Å². The third kappa shape index (κ3) is 4.35. The first-order valence-electron chi connectivity index (χ1n) is 8.13. The van der Waals surface area contributed by atoms with E-state index in [1.807, 2.05) is 0 Å². The summed E-state index contributed by atoms with van der Waals surface area (Å²) < 4.78 is 11.9. The monoisotopic (exact) mass is 279 g/mol. The molecule has 0 bridgehead atoms. The summed E-state index contributed by atoms with van der Waals surface area (Å²) in [6.07, 6.45) is 6.83. The van der Waals surface area contributed by atoms with Gasteiger partial charge in [-0.25, -0.2) is 0 Å². The molecule has 0 aliphatic heterocycles. The number of ether oxygens (including phenoxy) is 1. The van der Waals surface area contributed by atoms with Gasteiger partial charge in [-0.3, -0.25) is 0 Å². The Hall–Kier alpha value is -0.800. The number of hydrogen-bond donors (Lipinski definition) is 1. The molecule has 114 valence electrons. The molecule has 1 N–H and O–H groups in total. The van der Waals surface area contributed by atoms with Crippen LogP contribution in [0, 0.1) is 12.8 Å². The van der Waals surface area contributed by atoms with Gasteiger partial charge in [-0.2, -0.15) is 0 Å². The SMILES string of the molecule is CCNCc1oc(COC2CCCC(CC)C2)cc1C. The first kappa shape index (κ1) is 15.6. The molecule has 2 unspecified atom stereocenters. The Morgan fingerprint density at radius 1 is 1.35 bits per heavy atom. The molecule has 3 nitrogen and oxygen atoms in total. The fourth-order valence-corrected chi connectivity index (χ4v) is 3.04. The standard InChI is InChI=1S/C17H29NO2/c1-4-14-7-6-8-15(10-14)19-12-16-9-13(3)17(20-16)11-18-5-2/h9,14-15,18H,4-8,10-12H2,1-3H3. The summed E-state index contributed by atoms with van der Waals surface area (Å²) >= 11 is 0. The third-order valence-electron chi connectivity index (χ3n) is 4.38. The molecule has 3 heteroatoms. The zero-order valence-electron chi connectivity index (χ0n) is 13.2. The van der Waals surface area contributed by atoms with E-state index in [2.05, 4.69) is 32.2 Å². The van der Waals surface area contributed by atoms with E-state index in [-0.39, 0.29) is 0 Å². The molecule has 1 saturated carbocycles. The van der Waals surface area contributed by atoms with Crippen molar-refractivity contribution in [3.63, 3.8) is 0 Å². The lowest BCUT2D eigenvalue weighted by atomic mass is 9.85. The minimum absolute atomic E-state index is 0.427. The van der Waals surface area contributed by atoms with Crippen molar-refractivity contribution >= 4 is 0 Å². The van der Waals surface area contributed by atoms with E-state index in [4.69, 9.17) is 9.15 Å². The Morgan fingerprint density at radius 3 is 2.95 bits per heavy atom. The van der Waals surface area contributed by atoms with Crippen molar-refractivity contribution in [2.24, 2.45) is 5.92 Å². The molecule has 1 aliphatic carbocycles. The number of hydrogen-bond acceptors (Lipinski definition) is 3. The van der Waals surface area contributed by atoms with E-state index >= 15 is 0 Å². The van der Waals surface area contributed by atoms with Crippen LogP contribution in [0.3, 0.4) is 0 Å². The van der Waals surface area contributed by atoms with Crippen molar-refractivity contribution in [2.45, 2.75) is 72.1 Å². The van der Waals surface area contributed by atoms with Crippen LogP contribution < -0.4 is 5.32 Å². The summed E-state index contributed by atoms with van der Waals surface area (Å²) in [6, 6.07) is 2.12. The lowest BCUT2D eigenvalue weighted by molar-refractivity contribution is -0.00568. The quantitative estimate of drug-likeness (QED) is 0.813. The van der Waals surface area contributed by atoms with E-state index < -0.39 is 0 Å². The molecule has 1 fully saturated rings. The lowest BCUT2D eigenvalue weighted by Gasteiger charge is -2.28. The highest BCUT2D eigenvalue weighted by Gasteiger charge is 2.21. The molecule has 0 amide bonds. The second kappa shape index (κ2) is 7.84. The first-order valence-corrected chi connectivity index (χ1v) is 8.13. The molecule has 0 radical (unpaired) electrons. The maximum absolute atomic E-state index is 6.06. The molecule has 0 spiro atoms. The summed E-state index contributed by atoms with van der Waals surface area (Å²) in [7, 11) is 0. The topological polar surface area (TPSA) is 34.4 Å². The van der Waals surface area contributed by atoms with Crippen LogP contribution in [0.1, 0.15) is 63.0 Å². The predicted molar refractivity (Wildman–Crippen MR) is 81.7 cm³/mol. The smallest absolute Gasteiger partial charge is 0.130 e. The highest BCUT2D eigenvalue weighted by molar-refractivity contribution is 5.19. The van der Waals surface area contributed by atoms with E-state index in [0.717, 1.165) is 30.5 Å². The zero-order chi connectivity index (χ0) is 14.4. The van der Waals surface area contributed by atoms with Gasteiger partial charge in [0.25, 0.3) is 0 Å². The van der Waals surface area contributed by atoms with Gasteiger partial charge in [-0.15, -0.1) is 0 Å². The van der Waals surface area contributed by atoms with Gasteiger partial charge in [0, 0.05) is 0 Å². The van der Waals surface area contributed by atoms with Gasteiger partial charge in [0.2, 0.25) is 0 Å².